The van der Waals surface area contributed by atoms with E-state index in [2.05, 4.69) is 4.72 Å². The van der Waals surface area contributed by atoms with Gasteiger partial charge in [0.15, 0.2) is 0 Å². The van der Waals surface area contributed by atoms with Crippen molar-refractivity contribution in [2.24, 2.45) is 0 Å². The zero-order valence-corrected chi connectivity index (χ0v) is 14.1. The van der Waals surface area contributed by atoms with Crippen LogP contribution in [-0.2, 0) is 20.5 Å². The van der Waals surface area contributed by atoms with E-state index in [0.717, 1.165) is 11.1 Å². The van der Waals surface area contributed by atoms with Gasteiger partial charge in [-0.25, -0.2) is 8.93 Å². The topological polar surface area (TPSA) is 55.4 Å². The highest BCUT2D eigenvalue weighted by Gasteiger charge is 2.19. The van der Waals surface area contributed by atoms with Crippen molar-refractivity contribution in [3.8, 4) is 0 Å². The molecule has 2 atom stereocenters. The number of nitrogens with one attached hydrogen (secondary N) is 1. The first-order chi connectivity index (χ1) is 11.1. The van der Waals surface area contributed by atoms with Gasteiger partial charge in [-0.2, -0.15) is 0 Å². The van der Waals surface area contributed by atoms with E-state index >= 15 is 0 Å². The Morgan fingerprint density at radius 2 is 1.78 bits per heavy atom. The zero-order valence-electron chi connectivity index (χ0n) is 13.3. The van der Waals surface area contributed by atoms with Gasteiger partial charge in [0.1, 0.15) is 11.0 Å². The molecule has 0 radical (unpaired) electrons. The number of ether oxygens (including phenoxy) is 1. The summed E-state index contributed by atoms with van der Waals surface area (Å²) in [5, 5.41) is 0. The van der Waals surface area contributed by atoms with Crippen LogP contribution in [0.1, 0.15) is 30.5 Å². The average Bonchev–Trinajstić information content (AvgIpc) is 2.56. The maximum Gasteiger partial charge on any atom is 0.307 e. The van der Waals surface area contributed by atoms with Crippen LogP contribution in [-0.4, -0.2) is 16.8 Å². The molecule has 1 N–H and O–H groups in total. The molecule has 4 nitrogen and oxygen atoms in total. The lowest BCUT2D eigenvalue weighted by molar-refractivity contribution is -0.143. The molecule has 0 saturated carbocycles. The van der Waals surface area contributed by atoms with Gasteiger partial charge < -0.3 is 4.74 Å². The highest BCUT2D eigenvalue weighted by atomic mass is 32.2. The van der Waals surface area contributed by atoms with Crippen LogP contribution in [0.3, 0.4) is 0 Å². The van der Waals surface area contributed by atoms with Gasteiger partial charge in [0.25, 0.3) is 0 Å². The molecule has 0 heterocycles. The molecule has 0 spiro atoms. The fourth-order valence-electron chi connectivity index (χ4n) is 2.16. The standard InChI is InChI=1S/C18H21NO3S/c1-3-22-18(20)13-17(15-7-5-4-6-8-15)19-23(21)16-11-9-14(2)10-12-16/h4-12,17,19H,3,13H2,1-2H3/t17-,23-/m0/s1. The second kappa shape index (κ2) is 8.60. The van der Waals surface area contributed by atoms with E-state index in [0.29, 0.717) is 11.5 Å². The molecule has 122 valence electrons. The second-order valence-electron chi connectivity index (χ2n) is 5.17. The van der Waals surface area contributed by atoms with Crippen molar-refractivity contribution >= 4 is 17.0 Å². The average molecular weight is 331 g/mol. The zero-order chi connectivity index (χ0) is 16.7. The summed E-state index contributed by atoms with van der Waals surface area (Å²) in [6.45, 7) is 4.09. The van der Waals surface area contributed by atoms with E-state index in [1.54, 1.807) is 6.92 Å². The summed E-state index contributed by atoms with van der Waals surface area (Å²) < 4.78 is 20.6. The first kappa shape index (κ1) is 17.4. The van der Waals surface area contributed by atoms with Crippen molar-refractivity contribution in [1.82, 2.24) is 4.72 Å². The molecule has 2 aromatic carbocycles. The highest BCUT2D eigenvalue weighted by Crippen LogP contribution is 2.19. The third kappa shape index (κ3) is 5.30. The first-order valence-electron chi connectivity index (χ1n) is 7.55. The molecular weight excluding hydrogens is 310 g/mol. The maximum atomic E-state index is 12.5. The SMILES string of the molecule is CCOC(=O)C[C@H](N[S@@](=O)c1ccc(C)cc1)c1ccccc1. The lowest BCUT2D eigenvalue weighted by atomic mass is 10.1. The fourth-order valence-corrected chi connectivity index (χ4v) is 3.16. The minimum atomic E-state index is -1.40. The van der Waals surface area contributed by atoms with Crippen molar-refractivity contribution in [3.05, 3.63) is 65.7 Å². The summed E-state index contributed by atoms with van der Waals surface area (Å²) >= 11 is 0. The Balaban J connectivity index is 2.15. The van der Waals surface area contributed by atoms with Crippen LogP contribution in [0.5, 0.6) is 0 Å². The molecule has 2 rings (SSSR count). The number of esters is 1. The summed E-state index contributed by atoms with van der Waals surface area (Å²) in [7, 11) is -1.40. The molecule has 0 saturated heterocycles. The Bertz CT molecular complexity index is 656. The number of benzene rings is 2. The predicted molar refractivity (Wildman–Crippen MR) is 91.2 cm³/mol. The molecule has 0 aliphatic rings. The maximum absolute atomic E-state index is 12.5. The molecule has 0 fully saturated rings. The normalized spacial score (nSPS) is 13.3. The van der Waals surface area contributed by atoms with E-state index in [-0.39, 0.29) is 18.4 Å². The number of rotatable bonds is 7. The van der Waals surface area contributed by atoms with Crippen molar-refractivity contribution in [1.29, 1.82) is 0 Å². The molecule has 2 aromatic rings. The third-order valence-corrected chi connectivity index (χ3v) is 4.56. The van der Waals surface area contributed by atoms with E-state index in [1.807, 2.05) is 61.5 Å². The van der Waals surface area contributed by atoms with Gasteiger partial charge in [-0.15, -0.1) is 0 Å². The summed E-state index contributed by atoms with van der Waals surface area (Å²) in [6, 6.07) is 16.6. The molecule has 0 bridgehead atoms. The van der Waals surface area contributed by atoms with Crippen molar-refractivity contribution in [2.75, 3.05) is 6.61 Å². The summed E-state index contributed by atoms with van der Waals surface area (Å²) in [5.41, 5.74) is 2.01. The molecule has 23 heavy (non-hydrogen) atoms. The van der Waals surface area contributed by atoms with Crippen LogP contribution in [0, 0.1) is 6.92 Å². The second-order valence-corrected chi connectivity index (χ2v) is 6.42. The molecule has 0 amide bonds. The van der Waals surface area contributed by atoms with Crippen molar-refractivity contribution in [3.63, 3.8) is 0 Å². The summed E-state index contributed by atoms with van der Waals surface area (Å²) in [5.74, 6) is -0.310. The van der Waals surface area contributed by atoms with Gasteiger partial charge in [-0.3, -0.25) is 4.79 Å². The quantitative estimate of drug-likeness (QED) is 0.792. The van der Waals surface area contributed by atoms with Gasteiger partial charge in [-0.05, 0) is 31.5 Å². The first-order valence-corrected chi connectivity index (χ1v) is 8.70. The summed E-state index contributed by atoms with van der Waals surface area (Å²) in [6.07, 6.45) is 0.134. The number of carbonyl (C=O) groups excluding carboxylic acids is 1. The number of carbonyl (C=O) groups is 1. The Hall–Kier alpha value is -1.98. The van der Waals surface area contributed by atoms with Crippen LogP contribution < -0.4 is 4.72 Å². The van der Waals surface area contributed by atoms with E-state index in [9.17, 15) is 9.00 Å². The molecule has 0 aliphatic carbocycles. The monoisotopic (exact) mass is 331 g/mol. The van der Waals surface area contributed by atoms with Crippen molar-refractivity contribution in [2.45, 2.75) is 31.2 Å². The molecule has 5 heteroatoms. The Morgan fingerprint density at radius 1 is 1.13 bits per heavy atom. The van der Waals surface area contributed by atoms with Gasteiger partial charge in [-0.1, -0.05) is 48.0 Å². The molecule has 0 unspecified atom stereocenters. The lowest BCUT2D eigenvalue weighted by Crippen LogP contribution is -2.26. The minimum absolute atomic E-state index is 0.134. The smallest absolute Gasteiger partial charge is 0.307 e. The van der Waals surface area contributed by atoms with Gasteiger partial charge in [0, 0.05) is 0 Å². The van der Waals surface area contributed by atoms with Crippen LogP contribution in [0.4, 0.5) is 0 Å². The van der Waals surface area contributed by atoms with Gasteiger partial charge in [0.05, 0.1) is 24.0 Å². The minimum Gasteiger partial charge on any atom is -0.466 e. The van der Waals surface area contributed by atoms with Crippen LogP contribution in [0.25, 0.3) is 0 Å². The fraction of sp³-hybridized carbons (Fsp3) is 0.278. The van der Waals surface area contributed by atoms with Crippen LogP contribution in [0.15, 0.2) is 59.5 Å². The number of hydrogen-bond acceptors (Lipinski definition) is 3. The Morgan fingerprint density at radius 3 is 2.39 bits per heavy atom. The highest BCUT2D eigenvalue weighted by molar-refractivity contribution is 7.83. The van der Waals surface area contributed by atoms with E-state index in [1.165, 1.54) is 0 Å². The summed E-state index contributed by atoms with van der Waals surface area (Å²) in [4.78, 5) is 12.5. The number of aryl methyl sites for hydroxylation is 1. The van der Waals surface area contributed by atoms with Crippen LogP contribution >= 0.6 is 0 Å². The Labute approximate surface area is 139 Å². The van der Waals surface area contributed by atoms with Gasteiger partial charge in [0.2, 0.25) is 0 Å². The molecule has 0 aliphatic heterocycles. The molecular formula is C18H21NO3S. The Kier molecular flexibility index (Phi) is 6.50. The van der Waals surface area contributed by atoms with E-state index < -0.39 is 11.0 Å². The van der Waals surface area contributed by atoms with Crippen LogP contribution in [0.2, 0.25) is 0 Å². The lowest BCUT2D eigenvalue weighted by Gasteiger charge is -2.18. The molecule has 0 aromatic heterocycles. The largest absolute Gasteiger partial charge is 0.466 e. The number of hydrogen-bond donors (Lipinski definition) is 1. The third-order valence-electron chi connectivity index (χ3n) is 3.36. The van der Waals surface area contributed by atoms with Gasteiger partial charge >= 0.3 is 5.97 Å². The van der Waals surface area contributed by atoms with Crippen molar-refractivity contribution < 1.29 is 13.7 Å². The van der Waals surface area contributed by atoms with E-state index in [4.69, 9.17) is 4.74 Å². The predicted octanol–water partition coefficient (Wildman–Crippen LogP) is 3.30.